The van der Waals surface area contributed by atoms with E-state index in [2.05, 4.69) is 15.9 Å². The number of ketones is 1. The van der Waals surface area contributed by atoms with E-state index >= 15 is 0 Å². The molecular weight excluding hydrogens is 319 g/mol. The van der Waals surface area contributed by atoms with E-state index in [-0.39, 0.29) is 18.0 Å². The van der Waals surface area contributed by atoms with E-state index in [0.717, 1.165) is 4.47 Å². The van der Waals surface area contributed by atoms with Crippen LogP contribution in [0.4, 0.5) is 4.39 Å². The van der Waals surface area contributed by atoms with Gasteiger partial charge in [0.05, 0.1) is 5.02 Å². The molecule has 0 aliphatic carbocycles. The zero-order valence-electron chi connectivity index (χ0n) is 9.29. The Balaban J connectivity index is 2.24. The minimum absolute atomic E-state index is 0.132. The van der Waals surface area contributed by atoms with Crippen LogP contribution >= 0.6 is 27.5 Å². The minimum Gasteiger partial charge on any atom is -0.294 e. The Morgan fingerprint density at radius 1 is 1.22 bits per heavy atom. The van der Waals surface area contributed by atoms with Crippen LogP contribution in [0, 0.1) is 5.82 Å². The van der Waals surface area contributed by atoms with E-state index in [1.165, 1.54) is 12.1 Å². The van der Waals surface area contributed by atoms with Crippen LogP contribution in [0.2, 0.25) is 5.02 Å². The van der Waals surface area contributed by atoms with Crippen molar-refractivity contribution in [2.24, 2.45) is 0 Å². The smallest absolute Gasteiger partial charge is 0.168 e. The SMILES string of the molecule is O=C(Cc1cccc(F)c1)c1cc(Br)ccc1Cl. The molecule has 0 aromatic heterocycles. The van der Waals surface area contributed by atoms with Gasteiger partial charge in [-0.25, -0.2) is 4.39 Å². The molecule has 92 valence electrons. The van der Waals surface area contributed by atoms with Crippen LogP contribution in [0.5, 0.6) is 0 Å². The van der Waals surface area contributed by atoms with E-state index < -0.39 is 0 Å². The van der Waals surface area contributed by atoms with Crippen LogP contribution in [-0.2, 0) is 6.42 Å². The average molecular weight is 328 g/mol. The van der Waals surface area contributed by atoms with Gasteiger partial charge in [-0.15, -0.1) is 0 Å². The highest BCUT2D eigenvalue weighted by molar-refractivity contribution is 9.10. The second-order valence-corrected chi connectivity index (χ2v) is 5.18. The summed E-state index contributed by atoms with van der Waals surface area (Å²) in [6.45, 7) is 0. The van der Waals surface area contributed by atoms with E-state index in [1.807, 2.05) is 0 Å². The first-order valence-electron chi connectivity index (χ1n) is 5.29. The van der Waals surface area contributed by atoms with Crippen LogP contribution in [0.25, 0.3) is 0 Å². The molecule has 4 heteroatoms. The number of hydrogen-bond donors (Lipinski definition) is 0. The highest BCUT2D eigenvalue weighted by Gasteiger charge is 2.12. The maximum Gasteiger partial charge on any atom is 0.168 e. The van der Waals surface area contributed by atoms with Gasteiger partial charge < -0.3 is 0 Å². The van der Waals surface area contributed by atoms with Crippen LogP contribution in [-0.4, -0.2) is 5.78 Å². The lowest BCUT2D eigenvalue weighted by atomic mass is 10.0. The molecule has 0 aliphatic rings. The highest BCUT2D eigenvalue weighted by atomic mass is 79.9. The maximum absolute atomic E-state index is 13.0. The summed E-state index contributed by atoms with van der Waals surface area (Å²) in [5, 5.41) is 0.402. The van der Waals surface area contributed by atoms with Crippen LogP contribution in [0.15, 0.2) is 46.9 Å². The first kappa shape index (κ1) is 13.2. The molecule has 1 nitrogen and oxygen atoms in total. The Hall–Kier alpha value is -1.19. The summed E-state index contributed by atoms with van der Waals surface area (Å²) >= 11 is 9.26. The van der Waals surface area contributed by atoms with E-state index in [9.17, 15) is 9.18 Å². The standard InChI is InChI=1S/C14H9BrClFO/c15-10-4-5-13(16)12(8-10)14(18)7-9-2-1-3-11(17)6-9/h1-6,8H,7H2. The van der Waals surface area contributed by atoms with Crippen LogP contribution < -0.4 is 0 Å². The summed E-state index contributed by atoms with van der Waals surface area (Å²) in [6, 6.07) is 11.1. The number of hydrogen-bond acceptors (Lipinski definition) is 1. The van der Waals surface area contributed by atoms with Gasteiger partial charge in [0.2, 0.25) is 0 Å². The van der Waals surface area contributed by atoms with Crippen LogP contribution in [0.3, 0.4) is 0 Å². The minimum atomic E-state index is -0.347. The summed E-state index contributed by atoms with van der Waals surface area (Å²) in [7, 11) is 0. The van der Waals surface area contributed by atoms with Gasteiger partial charge in [0.1, 0.15) is 5.82 Å². The van der Waals surface area contributed by atoms with Gasteiger partial charge in [-0.1, -0.05) is 39.7 Å². The lowest BCUT2D eigenvalue weighted by Crippen LogP contribution is -2.04. The third kappa shape index (κ3) is 3.18. The van der Waals surface area contributed by atoms with E-state index in [4.69, 9.17) is 11.6 Å². The Morgan fingerprint density at radius 3 is 2.72 bits per heavy atom. The van der Waals surface area contributed by atoms with Gasteiger partial charge in [-0.3, -0.25) is 4.79 Å². The number of rotatable bonds is 3. The van der Waals surface area contributed by atoms with Crippen molar-refractivity contribution in [1.29, 1.82) is 0 Å². The monoisotopic (exact) mass is 326 g/mol. The molecule has 0 unspecified atom stereocenters. The topological polar surface area (TPSA) is 17.1 Å². The number of carbonyl (C=O) groups excluding carboxylic acids is 1. The summed E-state index contributed by atoms with van der Waals surface area (Å²) in [5.41, 5.74) is 1.08. The molecule has 2 rings (SSSR count). The van der Waals surface area contributed by atoms with Crippen molar-refractivity contribution in [1.82, 2.24) is 0 Å². The molecule has 0 saturated carbocycles. The van der Waals surface area contributed by atoms with Crippen molar-refractivity contribution in [3.63, 3.8) is 0 Å². The molecule has 0 radical (unpaired) electrons. The van der Waals surface area contributed by atoms with Crippen molar-refractivity contribution in [2.75, 3.05) is 0 Å². The largest absolute Gasteiger partial charge is 0.294 e. The second-order valence-electron chi connectivity index (χ2n) is 3.85. The summed E-state index contributed by atoms with van der Waals surface area (Å²) in [5.74, 6) is -0.479. The maximum atomic E-state index is 13.0. The molecule has 0 aliphatic heterocycles. The third-order valence-corrected chi connectivity index (χ3v) is 3.31. The van der Waals surface area contributed by atoms with Crippen molar-refractivity contribution < 1.29 is 9.18 Å². The number of Topliss-reactive ketones (excluding diaryl/α,β-unsaturated/α-hetero) is 1. The Morgan fingerprint density at radius 2 is 2.00 bits per heavy atom. The molecular formula is C14H9BrClFO. The molecule has 0 atom stereocenters. The molecule has 0 amide bonds. The molecule has 2 aromatic carbocycles. The fourth-order valence-electron chi connectivity index (χ4n) is 1.64. The number of halogens is 3. The fraction of sp³-hybridized carbons (Fsp3) is 0.0714. The molecule has 0 heterocycles. The van der Waals surface area contributed by atoms with Gasteiger partial charge in [0, 0.05) is 16.5 Å². The normalized spacial score (nSPS) is 10.4. The second kappa shape index (κ2) is 5.63. The fourth-order valence-corrected chi connectivity index (χ4v) is 2.22. The van der Waals surface area contributed by atoms with Crippen molar-refractivity contribution in [3.05, 3.63) is 68.9 Å². The first-order valence-corrected chi connectivity index (χ1v) is 6.46. The Kier molecular flexibility index (Phi) is 4.15. The third-order valence-electron chi connectivity index (χ3n) is 2.48. The van der Waals surface area contributed by atoms with Crippen molar-refractivity contribution in [3.8, 4) is 0 Å². The summed E-state index contributed by atoms with van der Waals surface area (Å²) in [6.07, 6.45) is 0.133. The predicted octanol–water partition coefficient (Wildman–Crippen LogP) is 4.67. The molecule has 2 aromatic rings. The van der Waals surface area contributed by atoms with Gasteiger partial charge in [0.25, 0.3) is 0 Å². The molecule has 0 saturated heterocycles. The van der Waals surface area contributed by atoms with Crippen LogP contribution in [0.1, 0.15) is 15.9 Å². The van der Waals surface area contributed by atoms with Gasteiger partial charge in [-0.2, -0.15) is 0 Å². The highest BCUT2D eigenvalue weighted by Crippen LogP contribution is 2.22. The van der Waals surface area contributed by atoms with E-state index in [1.54, 1.807) is 30.3 Å². The lowest BCUT2D eigenvalue weighted by Gasteiger charge is -2.04. The first-order chi connectivity index (χ1) is 8.56. The van der Waals surface area contributed by atoms with Crippen molar-refractivity contribution in [2.45, 2.75) is 6.42 Å². The van der Waals surface area contributed by atoms with E-state index in [0.29, 0.717) is 16.1 Å². The number of carbonyl (C=O) groups is 1. The quantitative estimate of drug-likeness (QED) is 0.749. The van der Waals surface area contributed by atoms with Gasteiger partial charge >= 0.3 is 0 Å². The predicted molar refractivity (Wildman–Crippen MR) is 73.6 cm³/mol. The average Bonchev–Trinajstić information content (AvgIpc) is 2.32. The zero-order valence-corrected chi connectivity index (χ0v) is 11.6. The molecule has 0 fully saturated rings. The summed E-state index contributed by atoms with van der Waals surface area (Å²) < 4.78 is 13.8. The molecule has 0 spiro atoms. The molecule has 0 N–H and O–H groups in total. The molecule has 0 bridgehead atoms. The van der Waals surface area contributed by atoms with Gasteiger partial charge in [-0.05, 0) is 35.9 Å². The van der Waals surface area contributed by atoms with Crippen molar-refractivity contribution >= 4 is 33.3 Å². The zero-order chi connectivity index (χ0) is 13.1. The molecule has 18 heavy (non-hydrogen) atoms. The number of benzene rings is 2. The summed E-state index contributed by atoms with van der Waals surface area (Å²) in [4.78, 5) is 12.1. The van der Waals surface area contributed by atoms with Gasteiger partial charge in [0.15, 0.2) is 5.78 Å². The lowest BCUT2D eigenvalue weighted by molar-refractivity contribution is 0.0993. The Bertz CT molecular complexity index is 598. The Labute approximate surface area is 118 Å².